The zero-order valence-electron chi connectivity index (χ0n) is 18.8. The van der Waals surface area contributed by atoms with Gasteiger partial charge in [-0.15, -0.1) is 0 Å². The van der Waals surface area contributed by atoms with Gasteiger partial charge in [-0.05, 0) is 62.8 Å². The molecule has 1 heterocycles. The lowest BCUT2D eigenvalue weighted by molar-refractivity contribution is -0.137. The minimum Gasteiger partial charge on any atom is -0.399 e. The third-order valence-electron chi connectivity index (χ3n) is 6.25. The summed E-state index contributed by atoms with van der Waals surface area (Å²) in [6.07, 6.45) is -5.78. The summed E-state index contributed by atoms with van der Waals surface area (Å²) >= 11 is 0. The van der Waals surface area contributed by atoms with Gasteiger partial charge in [0, 0.05) is 16.8 Å². The van der Waals surface area contributed by atoms with E-state index in [9.17, 15) is 18.3 Å². The second-order valence-electron chi connectivity index (χ2n) is 9.11. The lowest BCUT2D eigenvalue weighted by atomic mass is 9.76. The molecule has 33 heavy (non-hydrogen) atoms. The van der Waals surface area contributed by atoms with Crippen molar-refractivity contribution in [1.82, 2.24) is 0 Å². The molecular formula is C24H26BF3N2O3. The third kappa shape index (κ3) is 4.66. The van der Waals surface area contributed by atoms with Crippen LogP contribution in [0.5, 0.6) is 0 Å². The van der Waals surface area contributed by atoms with E-state index in [0.29, 0.717) is 5.69 Å². The highest BCUT2D eigenvalue weighted by Crippen LogP contribution is 2.37. The van der Waals surface area contributed by atoms with Crippen LogP contribution in [0.25, 0.3) is 10.8 Å². The fraction of sp³-hybridized carbons (Fsp3) is 0.333. The molecule has 5 nitrogen and oxygen atoms in total. The van der Waals surface area contributed by atoms with E-state index in [4.69, 9.17) is 9.31 Å². The van der Waals surface area contributed by atoms with E-state index >= 15 is 0 Å². The molecule has 4 rings (SSSR count). The minimum atomic E-state index is -4.46. The minimum absolute atomic E-state index is 0.142. The molecule has 0 aliphatic carbocycles. The molecule has 0 bridgehead atoms. The SMILES string of the molecule is CC1(C)OB(c2ccc(NC(O)Nc3cccc(C(F)(F)F)c3)c3ccccc23)OC1(C)C. The summed E-state index contributed by atoms with van der Waals surface area (Å²) in [5.74, 6) is 0. The number of benzene rings is 3. The Labute approximate surface area is 191 Å². The quantitative estimate of drug-likeness (QED) is 0.373. The van der Waals surface area contributed by atoms with E-state index in [1.807, 2.05) is 58.0 Å². The highest BCUT2D eigenvalue weighted by molar-refractivity contribution is 6.65. The molecule has 1 atom stereocenters. The van der Waals surface area contributed by atoms with Crippen molar-refractivity contribution in [3.63, 3.8) is 0 Å². The van der Waals surface area contributed by atoms with Gasteiger partial charge >= 0.3 is 13.3 Å². The van der Waals surface area contributed by atoms with Crippen LogP contribution in [0.15, 0.2) is 60.7 Å². The Morgan fingerprint density at radius 3 is 2.12 bits per heavy atom. The summed E-state index contributed by atoms with van der Waals surface area (Å²) in [5.41, 5.74) is -0.158. The van der Waals surface area contributed by atoms with Gasteiger partial charge in [0.05, 0.1) is 16.8 Å². The van der Waals surface area contributed by atoms with E-state index in [0.717, 1.165) is 28.4 Å². The van der Waals surface area contributed by atoms with Gasteiger partial charge in [-0.1, -0.05) is 36.4 Å². The van der Waals surface area contributed by atoms with Gasteiger partial charge in [0.15, 0.2) is 0 Å². The maximum Gasteiger partial charge on any atom is 0.495 e. The van der Waals surface area contributed by atoms with Crippen LogP contribution in [0.1, 0.15) is 33.3 Å². The first-order valence-corrected chi connectivity index (χ1v) is 10.6. The maximum absolute atomic E-state index is 13.0. The van der Waals surface area contributed by atoms with Crippen molar-refractivity contribution >= 4 is 34.7 Å². The Hall–Kier alpha value is -2.75. The predicted molar refractivity (Wildman–Crippen MR) is 124 cm³/mol. The molecule has 0 radical (unpaired) electrons. The molecule has 0 aromatic heterocycles. The molecule has 3 N–H and O–H groups in total. The van der Waals surface area contributed by atoms with Crippen molar-refractivity contribution in [3.05, 3.63) is 66.2 Å². The van der Waals surface area contributed by atoms with Gasteiger partial charge in [0.1, 0.15) is 0 Å². The predicted octanol–water partition coefficient (Wildman–Crippen LogP) is 4.96. The first-order chi connectivity index (χ1) is 15.4. The Bertz CT molecular complexity index is 1150. The normalized spacial score (nSPS) is 18.4. The Balaban J connectivity index is 1.58. The van der Waals surface area contributed by atoms with Crippen molar-refractivity contribution in [1.29, 1.82) is 0 Å². The topological polar surface area (TPSA) is 62.8 Å². The molecule has 1 aliphatic rings. The van der Waals surface area contributed by atoms with E-state index < -0.39 is 36.4 Å². The lowest BCUT2D eigenvalue weighted by Crippen LogP contribution is -2.41. The fourth-order valence-corrected chi connectivity index (χ4v) is 3.75. The second kappa shape index (κ2) is 8.24. The standard InChI is InChI=1S/C24H26BF3N2O3/c1-22(2)23(3,4)33-25(32-22)19-12-13-20(18-11-6-5-10-17(18)19)30-21(31)29-16-9-7-8-15(14-16)24(26,27)28/h5-14,21,29-31H,1-4H3. The first kappa shape index (κ1) is 23.4. The van der Waals surface area contributed by atoms with Crippen LogP contribution in [0.4, 0.5) is 24.5 Å². The molecule has 3 aromatic carbocycles. The zero-order valence-corrected chi connectivity index (χ0v) is 18.8. The van der Waals surface area contributed by atoms with Crippen LogP contribution in [-0.2, 0) is 15.5 Å². The average Bonchev–Trinajstić information content (AvgIpc) is 2.94. The van der Waals surface area contributed by atoms with Gasteiger partial charge in [-0.2, -0.15) is 13.2 Å². The van der Waals surface area contributed by atoms with Crippen LogP contribution < -0.4 is 16.1 Å². The smallest absolute Gasteiger partial charge is 0.399 e. The van der Waals surface area contributed by atoms with Crippen molar-refractivity contribution in [3.8, 4) is 0 Å². The number of hydrogen-bond acceptors (Lipinski definition) is 5. The zero-order chi connectivity index (χ0) is 24.0. The van der Waals surface area contributed by atoms with Crippen molar-refractivity contribution in [2.24, 2.45) is 0 Å². The van der Waals surface area contributed by atoms with E-state index in [-0.39, 0.29) is 5.69 Å². The second-order valence-corrected chi connectivity index (χ2v) is 9.11. The monoisotopic (exact) mass is 458 g/mol. The van der Waals surface area contributed by atoms with Gasteiger partial charge in [-0.3, -0.25) is 0 Å². The van der Waals surface area contributed by atoms with Crippen LogP contribution >= 0.6 is 0 Å². The Morgan fingerprint density at radius 1 is 0.848 bits per heavy atom. The molecule has 0 amide bonds. The average molecular weight is 458 g/mol. The summed E-state index contributed by atoms with van der Waals surface area (Å²) in [7, 11) is -0.554. The molecule has 174 valence electrons. The van der Waals surface area contributed by atoms with Crippen LogP contribution in [0.3, 0.4) is 0 Å². The number of hydrogen-bond donors (Lipinski definition) is 3. The van der Waals surface area contributed by atoms with Gasteiger partial charge in [0.2, 0.25) is 6.35 Å². The lowest BCUT2D eigenvalue weighted by Gasteiger charge is -2.32. The van der Waals surface area contributed by atoms with Crippen LogP contribution in [0.2, 0.25) is 0 Å². The number of rotatable bonds is 5. The number of alkyl halides is 3. The van der Waals surface area contributed by atoms with Gasteiger partial charge in [0.25, 0.3) is 0 Å². The summed E-state index contributed by atoms with van der Waals surface area (Å²) in [6.45, 7) is 7.95. The van der Waals surface area contributed by atoms with Crippen molar-refractivity contribution < 1.29 is 27.6 Å². The van der Waals surface area contributed by atoms with Crippen molar-refractivity contribution in [2.45, 2.75) is 51.4 Å². The number of nitrogens with one attached hydrogen (secondary N) is 2. The largest absolute Gasteiger partial charge is 0.495 e. The molecule has 1 fully saturated rings. The molecule has 0 saturated carbocycles. The maximum atomic E-state index is 13.0. The summed E-state index contributed by atoms with van der Waals surface area (Å²) < 4.78 is 51.3. The Morgan fingerprint density at radius 2 is 1.48 bits per heavy atom. The Kier molecular flexibility index (Phi) is 5.84. The van der Waals surface area contributed by atoms with Crippen LogP contribution in [0, 0.1) is 0 Å². The molecule has 1 unspecified atom stereocenters. The van der Waals surface area contributed by atoms with Gasteiger partial charge < -0.3 is 25.0 Å². The number of fused-ring (bicyclic) bond motifs is 1. The fourth-order valence-electron chi connectivity index (χ4n) is 3.75. The van der Waals surface area contributed by atoms with Crippen LogP contribution in [-0.4, -0.2) is 29.8 Å². The van der Waals surface area contributed by atoms with Gasteiger partial charge in [-0.25, -0.2) is 0 Å². The molecule has 1 aliphatic heterocycles. The number of halogens is 3. The molecule has 3 aromatic rings. The first-order valence-electron chi connectivity index (χ1n) is 10.6. The molecule has 9 heteroatoms. The van der Waals surface area contributed by atoms with Crippen molar-refractivity contribution in [2.75, 3.05) is 10.6 Å². The number of anilines is 2. The number of aliphatic hydroxyl groups is 1. The van der Waals surface area contributed by atoms with E-state index in [1.165, 1.54) is 12.1 Å². The summed E-state index contributed by atoms with van der Waals surface area (Å²) in [4.78, 5) is 0. The molecular weight excluding hydrogens is 432 g/mol. The molecule has 1 saturated heterocycles. The molecule has 0 spiro atoms. The van der Waals surface area contributed by atoms with E-state index in [2.05, 4.69) is 10.6 Å². The highest BCUT2D eigenvalue weighted by atomic mass is 19.4. The number of aliphatic hydroxyl groups excluding tert-OH is 1. The summed E-state index contributed by atoms with van der Waals surface area (Å²) in [5, 5.41) is 17.7. The highest BCUT2D eigenvalue weighted by Gasteiger charge is 2.52. The summed E-state index contributed by atoms with van der Waals surface area (Å²) in [6, 6.07) is 15.9. The van der Waals surface area contributed by atoms with E-state index in [1.54, 1.807) is 6.07 Å². The third-order valence-corrected chi connectivity index (χ3v) is 6.25.